The van der Waals surface area contributed by atoms with Crippen LogP contribution in [-0.4, -0.2) is 15.0 Å². The minimum absolute atomic E-state index is 0.370. The lowest BCUT2D eigenvalue weighted by molar-refractivity contribution is 0.669. The van der Waals surface area contributed by atoms with Gasteiger partial charge < -0.3 is 4.42 Å². The number of hydrogen-bond acceptors (Lipinski definition) is 4. The van der Waals surface area contributed by atoms with Gasteiger partial charge in [0.15, 0.2) is 17.5 Å². The molecule has 2 aliphatic rings. The van der Waals surface area contributed by atoms with Gasteiger partial charge in [-0.2, -0.15) is 0 Å². The van der Waals surface area contributed by atoms with E-state index in [2.05, 4.69) is 152 Å². The molecule has 288 valence electrons. The molecule has 1 spiro atoms. The van der Waals surface area contributed by atoms with Crippen LogP contribution < -0.4 is 0 Å². The van der Waals surface area contributed by atoms with Crippen molar-refractivity contribution in [2.24, 2.45) is 0 Å². The number of fused-ring (bicyclic) bond motifs is 13. The van der Waals surface area contributed by atoms with Gasteiger partial charge in [-0.3, -0.25) is 0 Å². The van der Waals surface area contributed by atoms with Gasteiger partial charge in [0.1, 0.15) is 11.2 Å². The normalized spacial score (nSPS) is 13.0. The number of furan rings is 1. The molecule has 11 aromatic rings. The number of benzene rings is 9. The molecule has 2 aliphatic carbocycles. The summed E-state index contributed by atoms with van der Waals surface area (Å²) < 4.78 is 6.14. The van der Waals surface area contributed by atoms with Gasteiger partial charge in [0.2, 0.25) is 0 Å². The molecule has 0 N–H and O–H groups in total. The lowest BCUT2D eigenvalue weighted by Gasteiger charge is -2.30. The monoisotopic (exact) mass is 789 g/mol. The highest BCUT2D eigenvalue weighted by Crippen LogP contribution is 2.63. The average molecular weight is 790 g/mol. The fourth-order valence-electron chi connectivity index (χ4n) is 10.2. The predicted molar refractivity (Wildman–Crippen MR) is 251 cm³/mol. The summed E-state index contributed by atoms with van der Waals surface area (Å²) in [5.74, 6) is 1.86. The molecule has 0 radical (unpaired) electrons. The highest BCUT2D eigenvalue weighted by atomic mass is 16.3. The second-order valence-corrected chi connectivity index (χ2v) is 16.3. The molecule has 0 bridgehead atoms. The molecule has 62 heavy (non-hydrogen) atoms. The van der Waals surface area contributed by atoms with E-state index in [0.717, 1.165) is 49.8 Å². The topological polar surface area (TPSA) is 51.8 Å². The predicted octanol–water partition coefficient (Wildman–Crippen LogP) is 14.4. The molecule has 0 fully saturated rings. The number of rotatable bonds is 5. The summed E-state index contributed by atoms with van der Waals surface area (Å²) in [5, 5.41) is 2.10. The summed E-state index contributed by atoms with van der Waals surface area (Å²) in [7, 11) is 0. The van der Waals surface area contributed by atoms with Crippen LogP contribution in [0.5, 0.6) is 0 Å². The van der Waals surface area contributed by atoms with Crippen molar-refractivity contribution in [3.05, 3.63) is 235 Å². The van der Waals surface area contributed by atoms with Gasteiger partial charge >= 0.3 is 0 Å². The molecule has 2 aromatic heterocycles. The molecule has 4 nitrogen and oxygen atoms in total. The second-order valence-electron chi connectivity index (χ2n) is 16.3. The van der Waals surface area contributed by atoms with Crippen molar-refractivity contribution >= 4 is 21.9 Å². The van der Waals surface area contributed by atoms with E-state index in [-0.39, 0.29) is 5.41 Å². The van der Waals surface area contributed by atoms with Crippen molar-refractivity contribution in [2.75, 3.05) is 0 Å². The summed E-state index contributed by atoms with van der Waals surface area (Å²) in [4.78, 5) is 15.2. The summed E-state index contributed by atoms with van der Waals surface area (Å²) in [6, 6.07) is 75.8. The number of para-hydroxylation sites is 1. The van der Waals surface area contributed by atoms with Gasteiger partial charge in [-0.25, -0.2) is 15.0 Å². The molecule has 9 aromatic carbocycles. The molecule has 4 heteroatoms. The fourth-order valence-corrected chi connectivity index (χ4v) is 10.2. The number of aromatic nitrogens is 3. The Hall–Kier alpha value is -8.21. The van der Waals surface area contributed by atoms with Crippen LogP contribution in [0.1, 0.15) is 22.3 Å². The van der Waals surface area contributed by atoms with Crippen LogP contribution in [0.4, 0.5) is 0 Å². The Morgan fingerprint density at radius 3 is 1.39 bits per heavy atom. The molecular weight excluding hydrogens is 755 g/mol. The third kappa shape index (κ3) is 5.10. The van der Waals surface area contributed by atoms with Crippen LogP contribution in [0.2, 0.25) is 0 Å². The largest absolute Gasteiger partial charge is 0.456 e. The Morgan fingerprint density at radius 2 is 0.726 bits per heavy atom. The Labute approximate surface area is 358 Å². The Kier molecular flexibility index (Phi) is 7.49. The van der Waals surface area contributed by atoms with Gasteiger partial charge in [-0.15, -0.1) is 0 Å². The van der Waals surface area contributed by atoms with Crippen molar-refractivity contribution in [1.29, 1.82) is 0 Å². The minimum Gasteiger partial charge on any atom is -0.456 e. The summed E-state index contributed by atoms with van der Waals surface area (Å²) in [6.07, 6.45) is 0. The lowest BCUT2D eigenvalue weighted by atomic mass is 9.70. The Bertz CT molecular complexity index is 3520. The zero-order valence-electron chi connectivity index (χ0n) is 33.5. The molecule has 0 saturated carbocycles. The Balaban J connectivity index is 0.883. The van der Waals surface area contributed by atoms with Crippen molar-refractivity contribution < 1.29 is 4.42 Å². The second kappa shape index (κ2) is 13.4. The number of nitrogens with zero attached hydrogens (tertiary/aromatic N) is 3. The van der Waals surface area contributed by atoms with Gasteiger partial charge in [0.05, 0.1) is 5.41 Å². The fraction of sp³-hybridized carbons (Fsp3) is 0.0172. The smallest absolute Gasteiger partial charge is 0.164 e. The summed E-state index contributed by atoms with van der Waals surface area (Å²) >= 11 is 0. The lowest BCUT2D eigenvalue weighted by Crippen LogP contribution is -2.25. The van der Waals surface area contributed by atoms with Crippen molar-refractivity contribution in [1.82, 2.24) is 15.0 Å². The zero-order chi connectivity index (χ0) is 40.8. The average Bonchev–Trinajstić information content (AvgIpc) is 3.98. The Morgan fingerprint density at radius 1 is 0.274 bits per heavy atom. The number of hydrogen-bond donors (Lipinski definition) is 0. The first-order chi connectivity index (χ1) is 30.7. The van der Waals surface area contributed by atoms with Crippen molar-refractivity contribution in [3.8, 4) is 78.7 Å². The maximum absolute atomic E-state index is 6.14. The van der Waals surface area contributed by atoms with Crippen LogP contribution in [0, 0.1) is 0 Å². The van der Waals surface area contributed by atoms with E-state index < -0.39 is 0 Å². The van der Waals surface area contributed by atoms with E-state index in [1.165, 1.54) is 55.6 Å². The maximum atomic E-state index is 6.14. The minimum atomic E-state index is -0.370. The quantitative estimate of drug-likeness (QED) is 0.174. The first-order valence-electron chi connectivity index (χ1n) is 21.1. The third-order valence-corrected chi connectivity index (χ3v) is 13.0. The van der Waals surface area contributed by atoms with E-state index in [9.17, 15) is 0 Å². The van der Waals surface area contributed by atoms with E-state index >= 15 is 0 Å². The van der Waals surface area contributed by atoms with Crippen molar-refractivity contribution in [3.63, 3.8) is 0 Å². The molecule has 2 heterocycles. The standard InChI is InChI=1S/C58H35N3O/c1-2-13-38(14-3-1)55-59-56(61-57(60-55)42-30-32-54-48(34-42)47-20-7-11-24-53(47)62-54)41-16-12-15-39(33-41)36-25-27-37(28-26-36)40-29-31-46-45-19-6-10-23-51(45)58(52(46)35-40)49-21-8-4-17-43(49)44-18-5-9-22-50(44)58/h1-35H. The van der Waals surface area contributed by atoms with E-state index in [0.29, 0.717) is 17.5 Å². The molecule has 0 saturated heterocycles. The van der Waals surface area contributed by atoms with Gasteiger partial charge in [-0.1, -0.05) is 176 Å². The van der Waals surface area contributed by atoms with Gasteiger partial charge in [0.25, 0.3) is 0 Å². The highest BCUT2D eigenvalue weighted by Gasteiger charge is 2.51. The van der Waals surface area contributed by atoms with Crippen LogP contribution in [0.25, 0.3) is 101 Å². The van der Waals surface area contributed by atoms with Crippen LogP contribution >= 0.6 is 0 Å². The first kappa shape index (κ1) is 34.6. The van der Waals surface area contributed by atoms with E-state index in [1.54, 1.807) is 0 Å². The van der Waals surface area contributed by atoms with Crippen LogP contribution in [0.3, 0.4) is 0 Å². The zero-order valence-corrected chi connectivity index (χ0v) is 33.5. The van der Waals surface area contributed by atoms with Gasteiger partial charge in [-0.05, 0) is 103 Å². The third-order valence-electron chi connectivity index (χ3n) is 13.0. The molecule has 0 amide bonds. The SMILES string of the molecule is c1ccc(-c2nc(-c3cccc(-c4ccc(-c5ccc6c(c5)C5(c7ccccc7-c7ccccc75)c5ccccc5-6)cc4)c3)nc(-c3ccc4oc5ccccc5c4c3)n2)cc1. The summed E-state index contributed by atoms with van der Waals surface area (Å²) in [6.45, 7) is 0. The van der Waals surface area contributed by atoms with Crippen molar-refractivity contribution in [2.45, 2.75) is 5.41 Å². The van der Waals surface area contributed by atoms with Crippen LogP contribution in [0.15, 0.2) is 217 Å². The molecular formula is C58H35N3O. The summed E-state index contributed by atoms with van der Waals surface area (Å²) in [5.41, 5.74) is 19.3. The maximum Gasteiger partial charge on any atom is 0.164 e. The van der Waals surface area contributed by atoms with E-state index in [4.69, 9.17) is 19.4 Å². The molecule has 0 unspecified atom stereocenters. The molecule has 0 atom stereocenters. The highest BCUT2D eigenvalue weighted by molar-refractivity contribution is 6.06. The first-order valence-corrected chi connectivity index (χ1v) is 21.1. The van der Waals surface area contributed by atoms with Gasteiger partial charge in [0, 0.05) is 27.5 Å². The molecule has 0 aliphatic heterocycles. The molecule has 13 rings (SSSR count). The van der Waals surface area contributed by atoms with Crippen LogP contribution in [-0.2, 0) is 5.41 Å². The van der Waals surface area contributed by atoms with E-state index in [1.807, 2.05) is 60.7 Å².